The van der Waals surface area contributed by atoms with Gasteiger partial charge < -0.3 is 14.4 Å². The van der Waals surface area contributed by atoms with E-state index in [0.29, 0.717) is 13.0 Å². The van der Waals surface area contributed by atoms with Gasteiger partial charge in [0.15, 0.2) is 0 Å². The fourth-order valence-electron chi connectivity index (χ4n) is 3.82. The minimum atomic E-state index is 0.0158. The minimum absolute atomic E-state index is 0.0158. The third kappa shape index (κ3) is 4.67. The first kappa shape index (κ1) is 19.0. The van der Waals surface area contributed by atoms with Gasteiger partial charge in [-0.2, -0.15) is 0 Å². The molecule has 0 atom stereocenters. The van der Waals surface area contributed by atoms with Crippen molar-refractivity contribution in [2.45, 2.75) is 46.6 Å². The van der Waals surface area contributed by atoms with Crippen LogP contribution in [0.4, 0.5) is 0 Å². The summed E-state index contributed by atoms with van der Waals surface area (Å²) in [5.74, 6) is 0.266. The van der Waals surface area contributed by atoms with Crippen molar-refractivity contribution in [1.29, 1.82) is 0 Å². The normalized spacial score (nSPS) is 15.7. The van der Waals surface area contributed by atoms with E-state index < -0.39 is 0 Å². The number of benzene rings is 1. The highest BCUT2D eigenvalue weighted by atomic mass is 16.2. The van der Waals surface area contributed by atoms with Crippen LogP contribution in [0.1, 0.15) is 45.7 Å². The Hall–Kier alpha value is -1.81. The fourth-order valence-corrected chi connectivity index (χ4v) is 3.82. The van der Waals surface area contributed by atoms with Crippen molar-refractivity contribution in [2.24, 2.45) is 12.5 Å². The van der Waals surface area contributed by atoms with Crippen LogP contribution in [0, 0.1) is 5.41 Å². The smallest absolute Gasteiger partial charge is 0.223 e. The quantitative estimate of drug-likeness (QED) is 0.782. The van der Waals surface area contributed by atoms with Crippen molar-refractivity contribution in [3.05, 3.63) is 36.0 Å². The number of hydrogen-bond acceptors (Lipinski definition) is 2. The van der Waals surface area contributed by atoms with E-state index in [9.17, 15) is 4.79 Å². The Morgan fingerprint density at radius 1 is 1.15 bits per heavy atom. The lowest BCUT2D eigenvalue weighted by atomic mass is 9.91. The lowest BCUT2D eigenvalue weighted by Crippen LogP contribution is -2.39. The van der Waals surface area contributed by atoms with Crippen LogP contribution in [-0.2, 0) is 18.4 Å². The predicted octanol–water partition coefficient (Wildman–Crippen LogP) is 4.04. The monoisotopic (exact) mass is 355 g/mol. The SMILES string of the molecule is Cn1c(CN(CCN2CCCC2)C(=O)CC(C)(C)C)cc2ccccc21. The molecule has 4 heteroatoms. The van der Waals surface area contributed by atoms with Crippen LogP contribution in [0.5, 0.6) is 0 Å². The summed E-state index contributed by atoms with van der Waals surface area (Å²) in [4.78, 5) is 17.5. The highest BCUT2D eigenvalue weighted by molar-refractivity contribution is 5.81. The number of amides is 1. The predicted molar refractivity (Wildman–Crippen MR) is 108 cm³/mol. The van der Waals surface area contributed by atoms with E-state index >= 15 is 0 Å². The first-order valence-electron chi connectivity index (χ1n) is 9.87. The molecule has 1 amide bonds. The van der Waals surface area contributed by atoms with Crippen LogP contribution in [0.2, 0.25) is 0 Å². The molecule has 1 aliphatic rings. The molecule has 2 heterocycles. The molecule has 0 spiro atoms. The molecule has 0 radical (unpaired) electrons. The second-order valence-electron chi connectivity index (χ2n) is 8.85. The Balaban J connectivity index is 1.76. The Kier molecular flexibility index (Phi) is 5.71. The van der Waals surface area contributed by atoms with Crippen molar-refractivity contribution in [3.8, 4) is 0 Å². The maximum Gasteiger partial charge on any atom is 0.223 e. The van der Waals surface area contributed by atoms with Crippen LogP contribution < -0.4 is 0 Å². The Morgan fingerprint density at radius 3 is 2.50 bits per heavy atom. The summed E-state index contributed by atoms with van der Waals surface area (Å²) < 4.78 is 2.22. The Morgan fingerprint density at radius 2 is 1.85 bits per heavy atom. The Labute approximate surface area is 157 Å². The summed E-state index contributed by atoms with van der Waals surface area (Å²) in [5, 5.41) is 1.24. The number of aryl methyl sites for hydroxylation is 1. The molecular weight excluding hydrogens is 322 g/mol. The van der Waals surface area contributed by atoms with E-state index in [1.165, 1.54) is 42.5 Å². The van der Waals surface area contributed by atoms with E-state index in [1.54, 1.807) is 0 Å². The minimum Gasteiger partial charge on any atom is -0.346 e. The number of aromatic nitrogens is 1. The molecule has 0 saturated carbocycles. The van der Waals surface area contributed by atoms with Crippen LogP contribution in [0.3, 0.4) is 0 Å². The number of carbonyl (C=O) groups excluding carboxylic acids is 1. The first-order chi connectivity index (χ1) is 12.3. The maximum atomic E-state index is 13.0. The number of carbonyl (C=O) groups is 1. The van der Waals surface area contributed by atoms with Crippen molar-refractivity contribution >= 4 is 16.8 Å². The van der Waals surface area contributed by atoms with E-state index in [4.69, 9.17) is 0 Å². The van der Waals surface area contributed by atoms with E-state index in [0.717, 1.165) is 13.1 Å². The number of fused-ring (bicyclic) bond motifs is 1. The lowest BCUT2D eigenvalue weighted by molar-refractivity contribution is -0.134. The zero-order valence-corrected chi connectivity index (χ0v) is 16.8. The van der Waals surface area contributed by atoms with Gasteiger partial charge >= 0.3 is 0 Å². The van der Waals surface area contributed by atoms with E-state index in [1.807, 2.05) is 0 Å². The molecule has 142 valence electrons. The van der Waals surface area contributed by atoms with E-state index in [2.05, 4.69) is 72.5 Å². The van der Waals surface area contributed by atoms with Crippen LogP contribution >= 0.6 is 0 Å². The van der Waals surface area contributed by atoms with Crippen LogP contribution in [0.15, 0.2) is 30.3 Å². The van der Waals surface area contributed by atoms with E-state index in [-0.39, 0.29) is 11.3 Å². The highest BCUT2D eigenvalue weighted by Crippen LogP contribution is 2.23. The average Bonchev–Trinajstić information content (AvgIpc) is 3.19. The van der Waals surface area contributed by atoms with Gasteiger partial charge in [0.1, 0.15) is 0 Å². The number of rotatable bonds is 6. The summed E-state index contributed by atoms with van der Waals surface area (Å²) >= 11 is 0. The summed E-state index contributed by atoms with van der Waals surface area (Å²) in [6.45, 7) is 11.3. The molecule has 1 saturated heterocycles. The third-order valence-electron chi connectivity index (χ3n) is 5.32. The van der Waals surface area contributed by atoms with Crippen molar-refractivity contribution < 1.29 is 4.79 Å². The lowest BCUT2D eigenvalue weighted by Gasteiger charge is -2.28. The fraction of sp³-hybridized carbons (Fsp3) is 0.591. The molecule has 2 aromatic rings. The number of nitrogens with zero attached hydrogens (tertiary/aromatic N) is 3. The summed E-state index contributed by atoms with van der Waals surface area (Å²) in [7, 11) is 2.10. The molecule has 0 bridgehead atoms. The van der Waals surface area contributed by atoms with Gasteiger partial charge in [-0.1, -0.05) is 39.0 Å². The highest BCUT2D eigenvalue weighted by Gasteiger charge is 2.23. The maximum absolute atomic E-state index is 13.0. The summed E-state index contributed by atoms with van der Waals surface area (Å²) in [6.07, 6.45) is 3.18. The van der Waals surface area contributed by atoms with Gasteiger partial charge in [0.2, 0.25) is 5.91 Å². The molecule has 26 heavy (non-hydrogen) atoms. The number of likely N-dealkylation sites (tertiary alicyclic amines) is 1. The standard InChI is InChI=1S/C22H33N3O/c1-22(2,3)16-21(26)25(14-13-24-11-7-8-12-24)17-19-15-18-9-5-6-10-20(18)23(19)4/h5-6,9-10,15H,7-8,11-14,16-17H2,1-4H3. The molecule has 0 aliphatic carbocycles. The topological polar surface area (TPSA) is 28.5 Å². The van der Waals surface area contributed by atoms with Crippen LogP contribution in [-0.4, -0.2) is 46.5 Å². The first-order valence-corrected chi connectivity index (χ1v) is 9.87. The van der Waals surface area contributed by atoms with Gasteiger partial charge in [0, 0.05) is 37.8 Å². The molecular formula is C22H33N3O. The third-order valence-corrected chi connectivity index (χ3v) is 5.32. The van der Waals surface area contributed by atoms with Crippen molar-refractivity contribution in [1.82, 2.24) is 14.4 Å². The van der Waals surface area contributed by atoms with Gasteiger partial charge in [-0.25, -0.2) is 0 Å². The number of hydrogen-bond donors (Lipinski definition) is 0. The molecule has 1 aliphatic heterocycles. The zero-order chi connectivity index (χ0) is 18.7. The molecule has 4 nitrogen and oxygen atoms in total. The van der Waals surface area contributed by atoms with Crippen LogP contribution in [0.25, 0.3) is 10.9 Å². The van der Waals surface area contributed by atoms with Gasteiger partial charge in [0.05, 0.1) is 6.54 Å². The van der Waals surface area contributed by atoms with Gasteiger partial charge in [-0.15, -0.1) is 0 Å². The molecule has 3 rings (SSSR count). The van der Waals surface area contributed by atoms with Gasteiger partial charge in [-0.05, 0) is 48.9 Å². The second kappa shape index (κ2) is 7.83. The van der Waals surface area contributed by atoms with Crippen molar-refractivity contribution in [3.63, 3.8) is 0 Å². The van der Waals surface area contributed by atoms with Gasteiger partial charge in [-0.3, -0.25) is 4.79 Å². The zero-order valence-electron chi connectivity index (χ0n) is 16.8. The van der Waals surface area contributed by atoms with Gasteiger partial charge in [0.25, 0.3) is 0 Å². The summed E-state index contributed by atoms with van der Waals surface area (Å²) in [5.41, 5.74) is 2.45. The molecule has 1 aromatic heterocycles. The van der Waals surface area contributed by atoms with Crippen molar-refractivity contribution in [2.75, 3.05) is 26.2 Å². The molecule has 0 N–H and O–H groups in total. The average molecular weight is 356 g/mol. The summed E-state index contributed by atoms with van der Waals surface area (Å²) in [6, 6.07) is 10.7. The molecule has 1 fully saturated rings. The Bertz CT molecular complexity index is 750. The molecule has 0 unspecified atom stereocenters. The second-order valence-corrected chi connectivity index (χ2v) is 8.85. The largest absolute Gasteiger partial charge is 0.346 e. The number of para-hydroxylation sites is 1. The molecule has 1 aromatic carbocycles.